The summed E-state index contributed by atoms with van der Waals surface area (Å²) in [5.74, 6) is -1.66. The van der Waals surface area contributed by atoms with Gasteiger partial charge in [0.2, 0.25) is 5.91 Å². The van der Waals surface area contributed by atoms with Crippen molar-refractivity contribution in [1.29, 1.82) is 0 Å². The van der Waals surface area contributed by atoms with E-state index in [0.717, 1.165) is 28.7 Å². The molecule has 0 unspecified atom stereocenters. The summed E-state index contributed by atoms with van der Waals surface area (Å²) >= 11 is 0. The van der Waals surface area contributed by atoms with Crippen LogP contribution in [-0.4, -0.2) is 42.3 Å². The van der Waals surface area contributed by atoms with Gasteiger partial charge in [-0.05, 0) is 41.0 Å². The number of hydrogen-bond donors (Lipinski definition) is 3. The number of aliphatic carboxylic acids is 1. The molecule has 2 aromatic rings. The third-order valence-electron chi connectivity index (χ3n) is 6.93. The Hall–Kier alpha value is -3.35. The monoisotopic (exact) mass is 450 g/mol. The molecular weight excluding hydrogens is 420 g/mol. The number of hydrogen-bond acceptors (Lipinski definition) is 4. The summed E-state index contributed by atoms with van der Waals surface area (Å²) in [5, 5.41) is 14.8. The molecule has 0 aliphatic heterocycles. The van der Waals surface area contributed by atoms with Crippen LogP contribution in [0.15, 0.2) is 48.5 Å². The van der Waals surface area contributed by atoms with E-state index in [9.17, 15) is 19.5 Å². The van der Waals surface area contributed by atoms with E-state index in [-0.39, 0.29) is 30.9 Å². The first-order valence-corrected chi connectivity index (χ1v) is 11.4. The van der Waals surface area contributed by atoms with E-state index in [1.807, 2.05) is 24.3 Å². The largest absolute Gasteiger partial charge is 0.480 e. The summed E-state index contributed by atoms with van der Waals surface area (Å²) in [6.45, 7) is 3.83. The lowest BCUT2D eigenvalue weighted by molar-refractivity contribution is -0.146. The Labute approximate surface area is 193 Å². The molecule has 33 heavy (non-hydrogen) atoms. The molecule has 0 heterocycles. The third kappa shape index (κ3) is 4.45. The van der Waals surface area contributed by atoms with Gasteiger partial charge in [-0.3, -0.25) is 4.79 Å². The zero-order chi connectivity index (χ0) is 23.6. The van der Waals surface area contributed by atoms with Crippen LogP contribution in [0.5, 0.6) is 0 Å². The summed E-state index contributed by atoms with van der Waals surface area (Å²) in [6.07, 6.45) is 1.49. The second kappa shape index (κ2) is 9.25. The predicted molar refractivity (Wildman–Crippen MR) is 124 cm³/mol. The van der Waals surface area contributed by atoms with Crippen LogP contribution in [0, 0.1) is 11.3 Å². The number of rotatable bonds is 8. The Morgan fingerprint density at radius 2 is 1.61 bits per heavy atom. The number of carboxylic acid groups (broad SMARTS) is 1. The predicted octanol–water partition coefficient (Wildman–Crippen LogP) is 3.92. The quantitative estimate of drug-likeness (QED) is 0.565. The van der Waals surface area contributed by atoms with Crippen LogP contribution in [0.3, 0.4) is 0 Å². The van der Waals surface area contributed by atoms with Gasteiger partial charge in [-0.25, -0.2) is 9.59 Å². The van der Waals surface area contributed by atoms with E-state index in [4.69, 9.17) is 4.74 Å². The van der Waals surface area contributed by atoms with Crippen LogP contribution < -0.4 is 10.6 Å². The smallest absolute Gasteiger partial charge is 0.407 e. The van der Waals surface area contributed by atoms with Crippen molar-refractivity contribution < 1.29 is 24.2 Å². The second-order valence-electron chi connectivity index (χ2n) is 9.35. The van der Waals surface area contributed by atoms with Gasteiger partial charge in [0.25, 0.3) is 0 Å². The fourth-order valence-electron chi connectivity index (χ4n) is 4.79. The first kappa shape index (κ1) is 22.8. The minimum Gasteiger partial charge on any atom is -0.480 e. The van der Waals surface area contributed by atoms with Crippen LogP contribution >= 0.6 is 0 Å². The molecular formula is C26H30N2O5. The van der Waals surface area contributed by atoms with Crippen molar-refractivity contribution in [2.45, 2.75) is 45.1 Å². The highest BCUT2D eigenvalue weighted by atomic mass is 16.5. The first-order valence-electron chi connectivity index (χ1n) is 11.4. The molecule has 0 spiro atoms. The number of amides is 2. The van der Waals surface area contributed by atoms with Crippen molar-refractivity contribution in [3.05, 3.63) is 59.7 Å². The SMILES string of the molecule is CC(C)[C@@H](NC(=O)C1(CNC(=O)OCC2c3ccccc3-c3ccccc32)CCC1)C(=O)O. The van der Waals surface area contributed by atoms with E-state index in [1.54, 1.807) is 13.8 Å². The van der Waals surface area contributed by atoms with E-state index in [0.29, 0.717) is 12.8 Å². The molecule has 2 aliphatic rings. The highest BCUT2D eigenvalue weighted by molar-refractivity contribution is 5.88. The lowest BCUT2D eigenvalue weighted by atomic mass is 9.67. The maximum absolute atomic E-state index is 12.9. The number of benzene rings is 2. The highest BCUT2D eigenvalue weighted by Crippen LogP contribution is 2.44. The zero-order valence-electron chi connectivity index (χ0n) is 19.0. The number of carbonyl (C=O) groups is 3. The van der Waals surface area contributed by atoms with Crippen molar-refractivity contribution in [3.8, 4) is 11.1 Å². The molecule has 1 saturated carbocycles. The molecule has 0 aromatic heterocycles. The molecule has 1 atom stereocenters. The van der Waals surface area contributed by atoms with Gasteiger partial charge in [-0.1, -0.05) is 68.8 Å². The van der Waals surface area contributed by atoms with Gasteiger partial charge in [-0.2, -0.15) is 0 Å². The van der Waals surface area contributed by atoms with Crippen LogP contribution in [-0.2, 0) is 14.3 Å². The van der Waals surface area contributed by atoms with E-state index < -0.39 is 23.5 Å². The molecule has 0 bridgehead atoms. The molecule has 7 heteroatoms. The molecule has 174 valence electrons. The van der Waals surface area contributed by atoms with Gasteiger partial charge in [0.15, 0.2) is 0 Å². The number of carboxylic acids is 1. The van der Waals surface area contributed by atoms with Gasteiger partial charge in [-0.15, -0.1) is 0 Å². The maximum Gasteiger partial charge on any atom is 0.407 e. The molecule has 0 saturated heterocycles. The van der Waals surface area contributed by atoms with Crippen molar-refractivity contribution in [3.63, 3.8) is 0 Å². The summed E-state index contributed by atoms with van der Waals surface area (Å²) in [5.41, 5.74) is 3.80. The molecule has 3 N–H and O–H groups in total. The zero-order valence-corrected chi connectivity index (χ0v) is 19.0. The standard InChI is InChI=1S/C26H30N2O5/c1-16(2)22(23(29)30)28-24(31)26(12-7-13-26)15-27-25(32)33-14-21-19-10-5-3-8-17(19)18-9-4-6-11-20(18)21/h3-6,8-11,16,21-22H,7,12-15H2,1-2H3,(H,27,32)(H,28,31)(H,29,30)/t22-/m1/s1. The van der Waals surface area contributed by atoms with Crippen molar-refractivity contribution in [2.75, 3.05) is 13.2 Å². The second-order valence-corrected chi connectivity index (χ2v) is 9.35. The van der Waals surface area contributed by atoms with Gasteiger partial charge < -0.3 is 20.5 Å². The van der Waals surface area contributed by atoms with Crippen LogP contribution in [0.25, 0.3) is 11.1 Å². The lowest BCUT2D eigenvalue weighted by Crippen LogP contribution is -2.56. The Bertz CT molecular complexity index is 1010. The molecule has 1 fully saturated rings. The van der Waals surface area contributed by atoms with E-state index in [1.165, 1.54) is 0 Å². The molecule has 2 aromatic carbocycles. The molecule has 0 radical (unpaired) electrons. The Morgan fingerprint density at radius 1 is 1.03 bits per heavy atom. The molecule has 4 rings (SSSR count). The van der Waals surface area contributed by atoms with E-state index >= 15 is 0 Å². The van der Waals surface area contributed by atoms with Crippen molar-refractivity contribution in [2.24, 2.45) is 11.3 Å². The fraction of sp³-hybridized carbons (Fsp3) is 0.423. The van der Waals surface area contributed by atoms with Gasteiger partial charge in [0.1, 0.15) is 12.6 Å². The van der Waals surface area contributed by atoms with E-state index in [2.05, 4.69) is 34.9 Å². The summed E-state index contributed by atoms with van der Waals surface area (Å²) < 4.78 is 5.57. The summed E-state index contributed by atoms with van der Waals surface area (Å²) in [7, 11) is 0. The number of carbonyl (C=O) groups excluding carboxylic acids is 2. The fourth-order valence-corrected chi connectivity index (χ4v) is 4.79. The Balaban J connectivity index is 1.36. The number of nitrogens with one attached hydrogen (secondary N) is 2. The van der Waals surface area contributed by atoms with Crippen LogP contribution in [0.1, 0.15) is 50.2 Å². The molecule has 7 nitrogen and oxygen atoms in total. The number of fused-ring (bicyclic) bond motifs is 3. The van der Waals surface area contributed by atoms with Gasteiger partial charge >= 0.3 is 12.1 Å². The topological polar surface area (TPSA) is 105 Å². The average molecular weight is 451 g/mol. The average Bonchev–Trinajstić information content (AvgIpc) is 3.08. The van der Waals surface area contributed by atoms with Crippen molar-refractivity contribution in [1.82, 2.24) is 10.6 Å². The first-order chi connectivity index (χ1) is 15.8. The highest BCUT2D eigenvalue weighted by Gasteiger charge is 2.45. The van der Waals surface area contributed by atoms with Gasteiger partial charge in [0, 0.05) is 12.5 Å². The minimum absolute atomic E-state index is 0.0357. The normalized spacial score (nSPS) is 16.8. The number of alkyl carbamates (subject to hydrolysis) is 1. The van der Waals surface area contributed by atoms with Gasteiger partial charge in [0.05, 0.1) is 5.41 Å². The number of ether oxygens (including phenoxy) is 1. The maximum atomic E-state index is 12.9. The third-order valence-corrected chi connectivity index (χ3v) is 6.93. The Morgan fingerprint density at radius 3 is 2.09 bits per heavy atom. The Kier molecular flexibility index (Phi) is 6.40. The van der Waals surface area contributed by atoms with Crippen LogP contribution in [0.4, 0.5) is 4.79 Å². The molecule has 2 aliphatic carbocycles. The van der Waals surface area contributed by atoms with Crippen molar-refractivity contribution >= 4 is 18.0 Å². The lowest BCUT2D eigenvalue weighted by Gasteiger charge is -2.41. The van der Waals surface area contributed by atoms with Crippen LogP contribution in [0.2, 0.25) is 0 Å². The summed E-state index contributed by atoms with van der Waals surface area (Å²) in [6, 6.07) is 15.3. The minimum atomic E-state index is -1.06. The molecule has 2 amide bonds. The summed E-state index contributed by atoms with van der Waals surface area (Å²) in [4.78, 5) is 36.8.